The first kappa shape index (κ1) is 22.3. The number of imidazole rings is 1. The summed E-state index contributed by atoms with van der Waals surface area (Å²) in [5.74, 6) is 0.274. The molecule has 2 N–H and O–H groups in total. The summed E-state index contributed by atoms with van der Waals surface area (Å²) >= 11 is 0. The summed E-state index contributed by atoms with van der Waals surface area (Å²) in [6, 6.07) is 6.50. The Kier molecular flexibility index (Phi) is 5.73. The number of fused-ring (bicyclic) bond motifs is 2. The van der Waals surface area contributed by atoms with Crippen LogP contribution in [0.25, 0.3) is 21.9 Å². The van der Waals surface area contributed by atoms with Crippen LogP contribution in [0.3, 0.4) is 0 Å². The number of aryl methyl sites for hydroxylation is 4. The number of rotatable bonds is 5. The number of anilines is 2. The van der Waals surface area contributed by atoms with Crippen LogP contribution in [0.1, 0.15) is 41.5 Å². The minimum atomic E-state index is -0.221. The summed E-state index contributed by atoms with van der Waals surface area (Å²) in [5, 5.41) is 12.2. The molecule has 0 aliphatic carbocycles. The summed E-state index contributed by atoms with van der Waals surface area (Å²) in [6.45, 7) is 9.02. The maximum atomic E-state index is 13.4. The Morgan fingerprint density at radius 2 is 1.88 bits per heavy atom. The normalized spacial score (nSPS) is 14.9. The van der Waals surface area contributed by atoms with E-state index in [1.165, 1.54) is 0 Å². The quantitative estimate of drug-likeness (QED) is 0.475. The van der Waals surface area contributed by atoms with Crippen molar-refractivity contribution in [3.8, 4) is 0 Å². The number of piperidine rings is 1. The van der Waals surface area contributed by atoms with Crippen LogP contribution >= 0.6 is 0 Å². The average Bonchev–Trinajstić information content (AvgIpc) is 3.34. The van der Waals surface area contributed by atoms with Crippen LogP contribution in [0.2, 0.25) is 0 Å². The summed E-state index contributed by atoms with van der Waals surface area (Å²) < 4.78 is 3.68. The Balaban J connectivity index is 1.45. The predicted octanol–water partition coefficient (Wildman–Crippen LogP) is 3.30. The standard InChI is InChI=1S/C25H32N8O/c1-6-26-17-9-11-33(12-10-17)20-8-7-18(23-19(20)14-31(4)30-23)24(34)29-25-28-22-16(3)27-15(2)13-21(22)32(25)5/h7-8,13-14,17,26H,6,9-12H2,1-5H3,(H,28,29,34). The predicted molar refractivity (Wildman–Crippen MR) is 136 cm³/mol. The van der Waals surface area contributed by atoms with Gasteiger partial charge < -0.3 is 14.8 Å². The lowest BCUT2D eigenvalue weighted by atomic mass is 10.0. The zero-order valence-corrected chi connectivity index (χ0v) is 20.5. The van der Waals surface area contributed by atoms with Crippen LogP contribution in [0, 0.1) is 13.8 Å². The van der Waals surface area contributed by atoms with E-state index >= 15 is 0 Å². The number of nitrogens with zero attached hydrogens (tertiary/aromatic N) is 6. The van der Waals surface area contributed by atoms with Gasteiger partial charge in [-0.05, 0) is 51.4 Å². The Labute approximate surface area is 199 Å². The number of hydrogen-bond acceptors (Lipinski definition) is 6. The molecule has 1 aliphatic rings. The van der Waals surface area contributed by atoms with Gasteiger partial charge in [0, 0.05) is 56.2 Å². The third kappa shape index (κ3) is 3.90. The molecule has 1 aliphatic heterocycles. The summed E-state index contributed by atoms with van der Waals surface area (Å²) in [6.07, 6.45) is 4.22. The maximum Gasteiger partial charge on any atom is 0.260 e. The van der Waals surface area contributed by atoms with Gasteiger partial charge in [0.15, 0.2) is 0 Å². The van der Waals surface area contributed by atoms with Gasteiger partial charge in [0.1, 0.15) is 11.0 Å². The van der Waals surface area contributed by atoms with Gasteiger partial charge in [-0.1, -0.05) is 6.92 Å². The second kappa shape index (κ2) is 8.72. The third-order valence-electron chi connectivity index (χ3n) is 6.74. The van der Waals surface area contributed by atoms with Gasteiger partial charge in [-0.25, -0.2) is 4.98 Å². The highest BCUT2D eigenvalue weighted by Gasteiger charge is 2.24. The van der Waals surface area contributed by atoms with Crippen LogP contribution in [-0.4, -0.2) is 55.9 Å². The molecule has 1 amide bonds. The van der Waals surface area contributed by atoms with Crippen LogP contribution in [-0.2, 0) is 14.1 Å². The molecule has 9 nitrogen and oxygen atoms in total. The number of benzene rings is 1. The number of hydrogen-bond donors (Lipinski definition) is 2. The van der Waals surface area contributed by atoms with Crippen LogP contribution in [0.5, 0.6) is 0 Å². The SMILES string of the molecule is CCNC1CCN(c2ccc(C(=O)Nc3nc4c(C)nc(C)cc4n3C)c3nn(C)cc23)CC1. The van der Waals surface area contributed by atoms with Gasteiger partial charge in [-0.2, -0.15) is 5.10 Å². The van der Waals surface area contributed by atoms with Crippen LogP contribution < -0.4 is 15.5 Å². The summed E-state index contributed by atoms with van der Waals surface area (Å²) in [5.41, 5.74) is 5.89. The molecular formula is C25H32N8O. The van der Waals surface area contributed by atoms with Crippen molar-refractivity contribution >= 4 is 39.5 Å². The van der Waals surface area contributed by atoms with Crippen molar-refractivity contribution in [1.82, 2.24) is 29.6 Å². The Morgan fingerprint density at radius 1 is 1.12 bits per heavy atom. The summed E-state index contributed by atoms with van der Waals surface area (Å²) in [4.78, 5) is 24.9. The van der Waals surface area contributed by atoms with E-state index in [1.54, 1.807) is 4.68 Å². The number of carbonyl (C=O) groups is 1. The largest absolute Gasteiger partial charge is 0.371 e. The topological polar surface area (TPSA) is 92.9 Å². The van der Waals surface area contributed by atoms with Gasteiger partial charge in [0.2, 0.25) is 5.95 Å². The monoisotopic (exact) mass is 460 g/mol. The number of carbonyl (C=O) groups excluding carboxylic acids is 1. The molecule has 0 bridgehead atoms. The van der Waals surface area contributed by atoms with Crippen LogP contribution in [0.4, 0.5) is 11.6 Å². The smallest absolute Gasteiger partial charge is 0.260 e. The highest BCUT2D eigenvalue weighted by Crippen LogP contribution is 2.31. The lowest BCUT2D eigenvalue weighted by Gasteiger charge is -2.34. The number of pyridine rings is 1. The minimum absolute atomic E-state index is 0.221. The molecule has 0 unspecified atom stereocenters. The lowest BCUT2D eigenvalue weighted by molar-refractivity contribution is 0.102. The van der Waals surface area contributed by atoms with Crippen molar-refractivity contribution in [1.29, 1.82) is 0 Å². The second-order valence-corrected chi connectivity index (χ2v) is 9.18. The molecule has 1 aromatic carbocycles. The maximum absolute atomic E-state index is 13.4. The Bertz CT molecular complexity index is 1380. The highest BCUT2D eigenvalue weighted by molar-refractivity contribution is 6.13. The molecule has 4 heterocycles. The van der Waals surface area contributed by atoms with Gasteiger partial charge in [0.25, 0.3) is 5.91 Å². The third-order valence-corrected chi connectivity index (χ3v) is 6.74. The van der Waals surface area contributed by atoms with Gasteiger partial charge in [-0.3, -0.25) is 19.8 Å². The van der Waals surface area contributed by atoms with E-state index in [9.17, 15) is 4.79 Å². The summed E-state index contributed by atoms with van der Waals surface area (Å²) in [7, 11) is 3.80. The average molecular weight is 461 g/mol. The molecule has 9 heteroatoms. The van der Waals surface area contributed by atoms with Gasteiger partial charge >= 0.3 is 0 Å². The molecule has 0 atom stereocenters. The van der Waals surface area contributed by atoms with E-state index < -0.39 is 0 Å². The molecule has 0 spiro atoms. The molecule has 178 valence electrons. The molecule has 34 heavy (non-hydrogen) atoms. The first-order chi connectivity index (χ1) is 16.4. The van der Waals surface area contributed by atoms with Crippen molar-refractivity contribution in [2.45, 2.75) is 39.7 Å². The molecule has 0 radical (unpaired) electrons. The van der Waals surface area contributed by atoms with E-state index in [4.69, 9.17) is 0 Å². The second-order valence-electron chi connectivity index (χ2n) is 9.18. The lowest BCUT2D eigenvalue weighted by Crippen LogP contribution is -2.42. The molecular weight excluding hydrogens is 428 g/mol. The van der Waals surface area contributed by atoms with Crippen LogP contribution in [0.15, 0.2) is 24.4 Å². The highest BCUT2D eigenvalue weighted by atomic mass is 16.1. The van der Waals surface area contributed by atoms with Gasteiger partial charge in [-0.15, -0.1) is 0 Å². The van der Waals surface area contributed by atoms with Crippen molar-refractivity contribution in [3.63, 3.8) is 0 Å². The molecule has 0 saturated carbocycles. The molecule has 3 aromatic heterocycles. The molecule has 1 fully saturated rings. The van der Waals surface area contributed by atoms with Crippen molar-refractivity contribution in [2.75, 3.05) is 29.9 Å². The first-order valence-corrected chi connectivity index (χ1v) is 11.9. The zero-order valence-electron chi connectivity index (χ0n) is 20.5. The van der Waals surface area contributed by atoms with E-state index in [2.05, 4.69) is 43.6 Å². The van der Waals surface area contributed by atoms with E-state index in [0.29, 0.717) is 23.1 Å². The fourth-order valence-corrected chi connectivity index (χ4v) is 5.05. The fraction of sp³-hybridized carbons (Fsp3) is 0.440. The number of amides is 1. The number of nitrogens with one attached hydrogen (secondary N) is 2. The fourth-order valence-electron chi connectivity index (χ4n) is 5.05. The molecule has 4 aromatic rings. The Hall–Kier alpha value is -3.46. The molecule has 1 saturated heterocycles. The zero-order chi connectivity index (χ0) is 24.0. The van der Waals surface area contributed by atoms with Crippen molar-refractivity contribution < 1.29 is 4.79 Å². The number of aromatic nitrogens is 5. The first-order valence-electron chi connectivity index (χ1n) is 11.9. The van der Waals surface area contributed by atoms with E-state index in [-0.39, 0.29) is 5.91 Å². The molecule has 5 rings (SSSR count). The Morgan fingerprint density at radius 3 is 2.62 bits per heavy atom. The van der Waals surface area contributed by atoms with E-state index in [0.717, 1.165) is 66.0 Å². The van der Waals surface area contributed by atoms with Crippen molar-refractivity contribution in [3.05, 3.63) is 41.3 Å². The van der Waals surface area contributed by atoms with Gasteiger partial charge in [0.05, 0.1) is 16.8 Å². The van der Waals surface area contributed by atoms with E-state index in [1.807, 2.05) is 50.8 Å². The van der Waals surface area contributed by atoms with Crippen molar-refractivity contribution in [2.24, 2.45) is 14.1 Å². The minimum Gasteiger partial charge on any atom is -0.371 e.